The van der Waals surface area contributed by atoms with Crippen LogP contribution in [-0.4, -0.2) is 19.7 Å². The van der Waals surface area contributed by atoms with Gasteiger partial charge >= 0.3 is 0 Å². The summed E-state index contributed by atoms with van der Waals surface area (Å²) in [6.45, 7) is 0. The zero-order valence-electron chi connectivity index (χ0n) is 8.71. The van der Waals surface area contributed by atoms with Crippen LogP contribution in [0.25, 0.3) is 16.7 Å². The Balaban J connectivity index is 2.31. The van der Waals surface area contributed by atoms with Crippen molar-refractivity contribution in [3.8, 4) is 5.82 Å². The molecule has 84 valence electrons. The first-order valence-corrected chi connectivity index (χ1v) is 5.77. The first-order chi connectivity index (χ1) is 8.25. The first kappa shape index (κ1) is 10.2. The topological polar surface area (TPSA) is 69.6 Å². The average Bonchev–Trinajstić information content (AvgIpc) is 2.68. The Morgan fingerprint density at radius 3 is 2.82 bits per heavy atom. The Bertz CT molecular complexity index is 691. The van der Waals surface area contributed by atoms with E-state index >= 15 is 0 Å². The van der Waals surface area contributed by atoms with Gasteiger partial charge in [0.1, 0.15) is 4.60 Å². The van der Waals surface area contributed by atoms with E-state index in [1.807, 2.05) is 24.3 Å². The molecule has 1 aromatic carbocycles. The van der Waals surface area contributed by atoms with E-state index in [9.17, 15) is 0 Å². The van der Waals surface area contributed by atoms with Gasteiger partial charge in [-0.2, -0.15) is 10.1 Å². The Morgan fingerprint density at radius 2 is 2.00 bits per heavy atom. The second kappa shape index (κ2) is 3.81. The van der Waals surface area contributed by atoms with Gasteiger partial charge in [0.05, 0.1) is 5.52 Å². The third kappa shape index (κ3) is 1.66. The molecular formula is C11H8BrN5. The number of nitrogens with zero attached hydrogens (tertiary/aromatic N) is 4. The van der Waals surface area contributed by atoms with E-state index in [2.05, 4.69) is 31.0 Å². The Morgan fingerprint density at radius 1 is 1.18 bits per heavy atom. The van der Waals surface area contributed by atoms with E-state index in [1.54, 1.807) is 16.9 Å². The van der Waals surface area contributed by atoms with E-state index in [4.69, 9.17) is 5.73 Å². The molecule has 17 heavy (non-hydrogen) atoms. The summed E-state index contributed by atoms with van der Waals surface area (Å²) < 4.78 is 2.52. The molecule has 0 saturated carbocycles. The molecule has 0 amide bonds. The lowest BCUT2D eigenvalue weighted by molar-refractivity contribution is 0.860. The van der Waals surface area contributed by atoms with Gasteiger partial charge in [-0.05, 0) is 22.0 Å². The zero-order valence-corrected chi connectivity index (χ0v) is 10.3. The summed E-state index contributed by atoms with van der Waals surface area (Å²) >= 11 is 3.43. The number of nitrogens with two attached hydrogens (primary N) is 1. The Labute approximate surface area is 105 Å². The number of nitrogen functional groups attached to an aromatic ring is 1. The van der Waals surface area contributed by atoms with E-state index in [-0.39, 0.29) is 5.95 Å². The third-order valence-corrected chi connectivity index (χ3v) is 3.00. The maximum atomic E-state index is 5.57. The molecule has 0 radical (unpaired) electrons. The number of rotatable bonds is 1. The summed E-state index contributed by atoms with van der Waals surface area (Å²) in [6, 6.07) is 9.66. The predicted octanol–water partition coefficient (Wildman–Crippen LogP) is 2.16. The molecule has 0 fully saturated rings. The highest BCUT2D eigenvalue weighted by Gasteiger charge is 2.10. The Kier molecular flexibility index (Phi) is 2.29. The van der Waals surface area contributed by atoms with Crippen LogP contribution >= 0.6 is 15.9 Å². The van der Waals surface area contributed by atoms with Crippen LogP contribution in [0.2, 0.25) is 0 Å². The normalized spacial score (nSPS) is 10.9. The lowest BCUT2D eigenvalue weighted by Crippen LogP contribution is -2.03. The van der Waals surface area contributed by atoms with Crippen molar-refractivity contribution >= 4 is 32.8 Å². The fraction of sp³-hybridized carbons (Fsp3) is 0. The molecule has 0 atom stereocenters. The molecule has 3 aromatic rings. The number of benzene rings is 1. The van der Waals surface area contributed by atoms with Crippen molar-refractivity contribution in [2.45, 2.75) is 0 Å². The minimum Gasteiger partial charge on any atom is -0.368 e. The highest BCUT2D eigenvalue weighted by atomic mass is 79.9. The molecule has 0 aliphatic rings. The second-order valence-electron chi connectivity index (χ2n) is 3.49. The minimum absolute atomic E-state index is 0.234. The van der Waals surface area contributed by atoms with Gasteiger partial charge in [-0.25, -0.2) is 9.67 Å². The highest BCUT2D eigenvalue weighted by molar-refractivity contribution is 9.10. The van der Waals surface area contributed by atoms with Crippen molar-refractivity contribution in [2.75, 3.05) is 5.73 Å². The predicted molar refractivity (Wildman–Crippen MR) is 68.8 cm³/mol. The van der Waals surface area contributed by atoms with Crippen molar-refractivity contribution in [1.29, 1.82) is 0 Å². The molecule has 0 bridgehead atoms. The average molecular weight is 290 g/mol. The lowest BCUT2D eigenvalue weighted by Gasteiger charge is -2.01. The number of para-hydroxylation sites is 1. The number of halogens is 1. The third-order valence-electron chi connectivity index (χ3n) is 2.42. The van der Waals surface area contributed by atoms with Crippen LogP contribution in [0.1, 0.15) is 0 Å². The number of hydrogen-bond donors (Lipinski definition) is 1. The molecule has 0 unspecified atom stereocenters. The molecular weight excluding hydrogens is 282 g/mol. The maximum Gasteiger partial charge on any atom is 0.221 e. The van der Waals surface area contributed by atoms with Gasteiger partial charge in [0.2, 0.25) is 5.95 Å². The smallest absolute Gasteiger partial charge is 0.221 e. The van der Waals surface area contributed by atoms with Crippen LogP contribution < -0.4 is 5.73 Å². The molecule has 0 aliphatic heterocycles. The molecule has 5 nitrogen and oxygen atoms in total. The van der Waals surface area contributed by atoms with Gasteiger partial charge in [0, 0.05) is 17.6 Å². The fourth-order valence-corrected chi connectivity index (χ4v) is 2.18. The van der Waals surface area contributed by atoms with Crippen LogP contribution in [-0.2, 0) is 0 Å². The molecule has 3 rings (SSSR count). The van der Waals surface area contributed by atoms with Crippen molar-refractivity contribution in [3.05, 3.63) is 41.1 Å². The molecule has 0 spiro atoms. The van der Waals surface area contributed by atoms with Gasteiger partial charge in [0.25, 0.3) is 0 Å². The van der Waals surface area contributed by atoms with Gasteiger partial charge < -0.3 is 5.73 Å². The van der Waals surface area contributed by atoms with Crippen molar-refractivity contribution in [2.24, 2.45) is 0 Å². The molecule has 0 saturated heterocycles. The number of anilines is 1. The van der Waals surface area contributed by atoms with Gasteiger partial charge in [-0.3, -0.25) is 0 Å². The van der Waals surface area contributed by atoms with Crippen LogP contribution in [0.15, 0.2) is 41.1 Å². The van der Waals surface area contributed by atoms with Crippen molar-refractivity contribution in [1.82, 2.24) is 19.7 Å². The van der Waals surface area contributed by atoms with Crippen LogP contribution in [0.4, 0.5) is 5.95 Å². The van der Waals surface area contributed by atoms with Crippen molar-refractivity contribution < 1.29 is 0 Å². The summed E-state index contributed by atoms with van der Waals surface area (Å²) in [5.41, 5.74) is 6.54. The quantitative estimate of drug-likeness (QED) is 0.745. The fourth-order valence-electron chi connectivity index (χ4n) is 1.68. The summed E-state index contributed by atoms with van der Waals surface area (Å²) in [7, 11) is 0. The van der Waals surface area contributed by atoms with E-state index < -0.39 is 0 Å². The molecule has 2 aromatic heterocycles. The monoisotopic (exact) mass is 289 g/mol. The number of fused-ring (bicyclic) bond motifs is 1. The van der Waals surface area contributed by atoms with Crippen LogP contribution in [0.3, 0.4) is 0 Å². The molecule has 0 aliphatic carbocycles. The number of hydrogen-bond acceptors (Lipinski definition) is 4. The van der Waals surface area contributed by atoms with E-state index in [0.29, 0.717) is 5.82 Å². The summed E-state index contributed by atoms with van der Waals surface area (Å²) in [5, 5.41) is 5.42. The highest BCUT2D eigenvalue weighted by Crippen LogP contribution is 2.24. The van der Waals surface area contributed by atoms with Crippen molar-refractivity contribution in [3.63, 3.8) is 0 Å². The number of aromatic nitrogens is 4. The maximum absolute atomic E-state index is 5.57. The Hall–Kier alpha value is -1.95. The summed E-state index contributed by atoms with van der Waals surface area (Å²) in [5.74, 6) is 0.887. The standard InChI is InChI=1S/C11H8BrN5/c12-10-7-3-1-2-4-8(7)17(16-10)9-5-6-14-11(13)15-9/h1-6H,(H2,13,14,15). The zero-order chi connectivity index (χ0) is 11.8. The van der Waals surface area contributed by atoms with Gasteiger partial charge in [-0.1, -0.05) is 18.2 Å². The first-order valence-electron chi connectivity index (χ1n) is 4.98. The summed E-state index contributed by atoms with van der Waals surface area (Å²) in [6.07, 6.45) is 1.61. The molecule has 2 heterocycles. The SMILES string of the molecule is Nc1nccc(-n2nc(Br)c3ccccc32)n1. The summed E-state index contributed by atoms with van der Waals surface area (Å²) in [4.78, 5) is 8.02. The van der Waals surface area contributed by atoms with Crippen LogP contribution in [0.5, 0.6) is 0 Å². The minimum atomic E-state index is 0.234. The van der Waals surface area contributed by atoms with E-state index in [0.717, 1.165) is 15.5 Å². The lowest BCUT2D eigenvalue weighted by atomic mass is 10.2. The van der Waals surface area contributed by atoms with E-state index in [1.165, 1.54) is 0 Å². The van der Waals surface area contributed by atoms with Gasteiger partial charge in [-0.15, -0.1) is 0 Å². The van der Waals surface area contributed by atoms with Crippen LogP contribution in [0, 0.1) is 0 Å². The second-order valence-corrected chi connectivity index (χ2v) is 4.24. The largest absolute Gasteiger partial charge is 0.368 e. The molecule has 6 heteroatoms. The van der Waals surface area contributed by atoms with Gasteiger partial charge in [0.15, 0.2) is 5.82 Å². The molecule has 2 N–H and O–H groups in total.